The molecule has 0 amide bonds. The van der Waals surface area contributed by atoms with Crippen molar-refractivity contribution in [2.75, 3.05) is 25.6 Å². The number of aliphatic hydroxyl groups excluding tert-OH is 1. The molecule has 0 aliphatic rings. The Morgan fingerprint density at radius 1 is 0.935 bits per heavy atom. The van der Waals surface area contributed by atoms with Crippen LogP contribution in [0.25, 0.3) is 22.3 Å². The van der Waals surface area contributed by atoms with Crippen molar-refractivity contribution in [3.05, 3.63) is 78.4 Å². The number of rotatable bonds is 8. The molecule has 1 unspecified atom stereocenters. The van der Waals surface area contributed by atoms with E-state index in [0.717, 1.165) is 27.8 Å². The number of methoxy groups -OCH3 is 1. The summed E-state index contributed by atoms with van der Waals surface area (Å²) in [6.07, 6.45) is 0. The van der Waals surface area contributed by atoms with E-state index in [1.54, 1.807) is 7.11 Å². The van der Waals surface area contributed by atoms with Crippen molar-refractivity contribution in [1.82, 2.24) is 9.97 Å². The molecule has 0 radical (unpaired) electrons. The first kappa shape index (κ1) is 20.6. The molecule has 1 aromatic heterocycles. The van der Waals surface area contributed by atoms with Crippen LogP contribution in [0.1, 0.15) is 18.5 Å². The fraction of sp³-hybridized carbons (Fsp3) is 0.200. The number of aliphatic hydroxyl groups is 1. The van der Waals surface area contributed by atoms with Gasteiger partial charge >= 0.3 is 0 Å². The fourth-order valence-electron chi connectivity index (χ4n) is 3.42. The highest BCUT2D eigenvalue weighted by atomic mass is 16.5. The molecule has 6 nitrogen and oxygen atoms in total. The van der Waals surface area contributed by atoms with Crippen LogP contribution < -0.4 is 14.8 Å². The van der Waals surface area contributed by atoms with Crippen molar-refractivity contribution in [2.45, 2.75) is 13.0 Å². The number of nitrogens with one attached hydrogen (secondary N) is 1. The Kier molecular flexibility index (Phi) is 6.29. The van der Waals surface area contributed by atoms with E-state index in [2.05, 4.69) is 12.2 Å². The van der Waals surface area contributed by atoms with Crippen molar-refractivity contribution in [3.63, 3.8) is 0 Å². The van der Waals surface area contributed by atoms with Crippen molar-refractivity contribution in [3.8, 4) is 22.9 Å². The van der Waals surface area contributed by atoms with Crippen molar-refractivity contribution in [2.24, 2.45) is 0 Å². The second-order valence-corrected chi connectivity index (χ2v) is 7.13. The van der Waals surface area contributed by atoms with E-state index in [-0.39, 0.29) is 19.3 Å². The maximum absolute atomic E-state index is 9.00. The Hall–Kier alpha value is -3.64. The van der Waals surface area contributed by atoms with Crippen molar-refractivity contribution >= 4 is 16.7 Å². The van der Waals surface area contributed by atoms with E-state index in [1.807, 2.05) is 72.8 Å². The molecule has 2 N–H and O–H groups in total. The largest absolute Gasteiger partial charge is 0.493 e. The normalized spacial score (nSPS) is 11.8. The fourth-order valence-corrected chi connectivity index (χ4v) is 3.42. The molecular weight excluding hydrogens is 390 g/mol. The summed E-state index contributed by atoms with van der Waals surface area (Å²) in [6.45, 7) is 2.24. The number of ether oxygens (including phenoxy) is 2. The summed E-state index contributed by atoms with van der Waals surface area (Å²) in [5, 5.41) is 13.5. The van der Waals surface area contributed by atoms with Crippen LogP contribution in [0, 0.1) is 0 Å². The van der Waals surface area contributed by atoms with Crippen molar-refractivity contribution < 1.29 is 14.6 Å². The lowest BCUT2D eigenvalue weighted by Crippen LogP contribution is -2.10. The standard InChI is InChI=1S/C25H25N3O3/c1-17(19-12-13-22(31-15-14-29)23(16-19)30-2)26-25-20-10-6-7-11-21(20)27-24(28-25)18-8-4-3-5-9-18/h3-13,16-17,29H,14-15H2,1-2H3,(H,26,27,28). The monoisotopic (exact) mass is 415 g/mol. The lowest BCUT2D eigenvalue weighted by molar-refractivity contribution is 0.196. The lowest BCUT2D eigenvalue weighted by Gasteiger charge is -2.19. The van der Waals surface area contributed by atoms with E-state index >= 15 is 0 Å². The third-order valence-electron chi connectivity index (χ3n) is 5.02. The summed E-state index contributed by atoms with van der Waals surface area (Å²) < 4.78 is 11.0. The molecule has 158 valence electrons. The summed E-state index contributed by atoms with van der Waals surface area (Å²) in [6, 6.07) is 23.7. The summed E-state index contributed by atoms with van der Waals surface area (Å²) in [5.74, 6) is 2.68. The Morgan fingerprint density at radius 2 is 1.71 bits per heavy atom. The predicted octanol–water partition coefficient (Wildman–Crippen LogP) is 4.85. The van der Waals surface area contributed by atoms with E-state index in [9.17, 15) is 0 Å². The van der Waals surface area contributed by atoms with Gasteiger partial charge in [0, 0.05) is 10.9 Å². The first-order chi connectivity index (χ1) is 15.2. The average Bonchev–Trinajstić information content (AvgIpc) is 2.83. The van der Waals surface area contributed by atoms with E-state index < -0.39 is 0 Å². The first-order valence-electron chi connectivity index (χ1n) is 10.2. The van der Waals surface area contributed by atoms with Gasteiger partial charge in [0.25, 0.3) is 0 Å². The smallest absolute Gasteiger partial charge is 0.162 e. The molecule has 1 heterocycles. The van der Waals surface area contributed by atoms with Gasteiger partial charge in [-0.05, 0) is 36.8 Å². The number of hydrogen-bond donors (Lipinski definition) is 2. The van der Waals surface area contributed by atoms with Crippen molar-refractivity contribution in [1.29, 1.82) is 0 Å². The zero-order valence-corrected chi connectivity index (χ0v) is 17.6. The number of fused-ring (bicyclic) bond motifs is 1. The van der Waals surface area contributed by atoms with Crippen LogP contribution in [-0.2, 0) is 0 Å². The summed E-state index contributed by atoms with van der Waals surface area (Å²) in [4.78, 5) is 9.58. The van der Waals surface area contributed by atoms with E-state index in [4.69, 9.17) is 24.5 Å². The molecule has 0 bridgehead atoms. The Labute approximate surface area is 181 Å². The van der Waals surface area contributed by atoms with Gasteiger partial charge in [-0.15, -0.1) is 0 Å². The van der Waals surface area contributed by atoms with Crippen LogP contribution in [0.15, 0.2) is 72.8 Å². The molecule has 0 saturated carbocycles. The second kappa shape index (κ2) is 9.45. The molecule has 0 fully saturated rings. The quantitative estimate of drug-likeness (QED) is 0.428. The van der Waals surface area contributed by atoms with Gasteiger partial charge in [-0.3, -0.25) is 0 Å². The Morgan fingerprint density at radius 3 is 2.48 bits per heavy atom. The molecule has 0 aliphatic carbocycles. The second-order valence-electron chi connectivity index (χ2n) is 7.13. The SMILES string of the molecule is COc1cc(C(C)Nc2nc(-c3ccccc3)nc3ccccc23)ccc1OCCO. The van der Waals surface area contributed by atoms with Gasteiger partial charge < -0.3 is 19.9 Å². The molecule has 1 atom stereocenters. The third-order valence-corrected chi connectivity index (χ3v) is 5.02. The van der Waals surface area contributed by atoms with Gasteiger partial charge in [-0.2, -0.15) is 0 Å². The highest BCUT2D eigenvalue weighted by molar-refractivity contribution is 5.90. The minimum absolute atomic E-state index is 0.0391. The Balaban J connectivity index is 1.68. The number of nitrogens with zero attached hydrogens (tertiary/aromatic N) is 2. The average molecular weight is 415 g/mol. The molecule has 0 aliphatic heterocycles. The molecule has 4 rings (SSSR count). The highest BCUT2D eigenvalue weighted by Gasteiger charge is 2.15. The zero-order valence-electron chi connectivity index (χ0n) is 17.6. The molecule has 0 spiro atoms. The van der Waals surface area contributed by atoms with Gasteiger partial charge in [0.2, 0.25) is 0 Å². The summed E-state index contributed by atoms with van der Waals surface area (Å²) >= 11 is 0. The molecule has 0 saturated heterocycles. The molecular formula is C25H25N3O3. The van der Waals surface area contributed by atoms with Crippen LogP contribution >= 0.6 is 0 Å². The van der Waals surface area contributed by atoms with Crippen LogP contribution in [-0.4, -0.2) is 35.4 Å². The minimum atomic E-state index is -0.0482. The minimum Gasteiger partial charge on any atom is -0.493 e. The third kappa shape index (κ3) is 4.59. The summed E-state index contributed by atoms with van der Waals surface area (Å²) in [5.41, 5.74) is 2.88. The molecule has 6 heteroatoms. The van der Waals surface area contributed by atoms with Crippen LogP contribution in [0.4, 0.5) is 5.82 Å². The molecule has 4 aromatic rings. The molecule has 3 aromatic carbocycles. The van der Waals surface area contributed by atoms with Gasteiger partial charge in [-0.1, -0.05) is 48.5 Å². The van der Waals surface area contributed by atoms with Crippen LogP contribution in [0.5, 0.6) is 11.5 Å². The number of hydrogen-bond acceptors (Lipinski definition) is 6. The van der Waals surface area contributed by atoms with E-state index in [0.29, 0.717) is 17.3 Å². The lowest BCUT2D eigenvalue weighted by atomic mass is 10.1. The van der Waals surface area contributed by atoms with Gasteiger partial charge in [0.1, 0.15) is 12.4 Å². The van der Waals surface area contributed by atoms with Crippen LogP contribution in [0.3, 0.4) is 0 Å². The molecule has 31 heavy (non-hydrogen) atoms. The maximum Gasteiger partial charge on any atom is 0.162 e. The predicted molar refractivity (Wildman–Crippen MR) is 123 cm³/mol. The topological polar surface area (TPSA) is 76.5 Å². The van der Waals surface area contributed by atoms with Gasteiger partial charge in [-0.25, -0.2) is 9.97 Å². The van der Waals surface area contributed by atoms with Gasteiger partial charge in [0.05, 0.1) is 25.3 Å². The van der Waals surface area contributed by atoms with E-state index in [1.165, 1.54) is 0 Å². The van der Waals surface area contributed by atoms with Gasteiger partial charge in [0.15, 0.2) is 17.3 Å². The number of benzene rings is 3. The first-order valence-corrected chi connectivity index (χ1v) is 10.2. The number of aromatic nitrogens is 2. The summed E-state index contributed by atoms with van der Waals surface area (Å²) in [7, 11) is 1.60. The maximum atomic E-state index is 9.00. The zero-order chi connectivity index (χ0) is 21.6. The highest BCUT2D eigenvalue weighted by Crippen LogP contribution is 2.32. The Bertz CT molecular complexity index is 1170. The van der Waals surface area contributed by atoms with Crippen LogP contribution in [0.2, 0.25) is 0 Å². The number of para-hydroxylation sites is 1. The number of anilines is 1.